The van der Waals surface area contributed by atoms with E-state index in [1.807, 2.05) is 18.2 Å². The van der Waals surface area contributed by atoms with Crippen LogP contribution < -0.4 is 4.74 Å². The second-order valence-electron chi connectivity index (χ2n) is 5.39. The largest absolute Gasteiger partial charge is 0.481 e. The van der Waals surface area contributed by atoms with Crippen molar-refractivity contribution in [3.63, 3.8) is 0 Å². The first-order valence-corrected chi connectivity index (χ1v) is 9.16. The molecular formula is C17H19ClN2O4S. The molecule has 1 N–H and O–H groups in total. The number of benzene rings is 1. The van der Waals surface area contributed by atoms with Crippen molar-refractivity contribution in [3.05, 3.63) is 41.0 Å². The van der Waals surface area contributed by atoms with Gasteiger partial charge in [-0.25, -0.2) is 4.98 Å². The molecule has 1 heterocycles. The van der Waals surface area contributed by atoms with Crippen LogP contribution in [0.5, 0.6) is 5.88 Å². The Kier molecular flexibility index (Phi) is 6.90. The number of halogens is 1. The highest BCUT2D eigenvalue weighted by molar-refractivity contribution is 7.99. The first-order valence-electron chi connectivity index (χ1n) is 7.80. The molecule has 1 aromatic carbocycles. The van der Waals surface area contributed by atoms with Gasteiger partial charge >= 0.3 is 11.9 Å². The zero-order valence-electron chi connectivity index (χ0n) is 13.9. The average Bonchev–Trinajstić information content (AvgIpc) is 2.95. The summed E-state index contributed by atoms with van der Waals surface area (Å²) in [5, 5.41) is 10.2. The summed E-state index contributed by atoms with van der Waals surface area (Å²) >= 11 is 7.76. The summed E-state index contributed by atoms with van der Waals surface area (Å²) in [6.45, 7) is 3.71. The van der Waals surface area contributed by atoms with Crippen molar-refractivity contribution in [3.8, 4) is 5.88 Å². The molecular weight excluding hydrogens is 364 g/mol. The number of nitrogens with zero attached hydrogens (tertiary/aromatic N) is 2. The van der Waals surface area contributed by atoms with Crippen LogP contribution in [-0.4, -0.2) is 32.3 Å². The molecule has 8 heteroatoms. The van der Waals surface area contributed by atoms with Crippen molar-refractivity contribution < 1.29 is 19.4 Å². The maximum absolute atomic E-state index is 12.0. The van der Waals surface area contributed by atoms with E-state index in [4.69, 9.17) is 21.4 Å². The number of rotatable bonds is 8. The second-order valence-corrected chi connectivity index (χ2v) is 6.86. The van der Waals surface area contributed by atoms with Gasteiger partial charge in [-0.05, 0) is 25.0 Å². The van der Waals surface area contributed by atoms with Gasteiger partial charge in [0.2, 0.25) is 5.88 Å². The maximum Gasteiger partial charge on any atom is 0.326 e. The molecule has 134 valence electrons. The molecule has 6 nitrogen and oxygen atoms in total. The van der Waals surface area contributed by atoms with Crippen molar-refractivity contribution in [2.75, 3.05) is 5.75 Å². The molecule has 0 aliphatic heterocycles. The quantitative estimate of drug-likeness (QED) is 0.425. The normalized spacial score (nSPS) is 12.0. The van der Waals surface area contributed by atoms with Crippen LogP contribution in [0, 0.1) is 5.92 Å². The Bertz CT molecular complexity index is 763. The third kappa shape index (κ3) is 4.99. The van der Waals surface area contributed by atoms with Gasteiger partial charge in [-0.1, -0.05) is 48.5 Å². The van der Waals surface area contributed by atoms with Crippen molar-refractivity contribution >= 4 is 35.3 Å². The first kappa shape index (κ1) is 19.3. The van der Waals surface area contributed by atoms with E-state index in [0.29, 0.717) is 16.7 Å². The van der Waals surface area contributed by atoms with Crippen molar-refractivity contribution in [1.82, 2.24) is 9.55 Å². The minimum absolute atomic E-state index is 0.205. The Balaban J connectivity index is 2.30. The predicted octanol–water partition coefficient (Wildman–Crippen LogP) is 3.71. The van der Waals surface area contributed by atoms with Crippen LogP contribution in [0.15, 0.2) is 35.6 Å². The van der Waals surface area contributed by atoms with E-state index in [9.17, 15) is 9.59 Å². The number of thioether (sulfide) groups is 1. The lowest BCUT2D eigenvalue weighted by Crippen LogP contribution is -2.26. The zero-order chi connectivity index (χ0) is 18.4. The van der Waals surface area contributed by atoms with Gasteiger partial charge in [0.05, 0.1) is 12.7 Å². The molecule has 0 amide bonds. The van der Waals surface area contributed by atoms with E-state index >= 15 is 0 Å². The van der Waals surface area contributed by atoms with Gasteiger partial charge in [0.25, 0.3) is 0 Å². The summed E-state index contributed by atoms with van der Waals surface area (Å²) < 4.78 is 7.00. The lowest BCUT2D eigenvalue weighted by atomic mass is 10.2. The summed E-state index contributed by atoms with van der Waals surface area (Å²) in [6, 6.07) is 7.37. The summed E-state index contributed by atoms with van der Waals surface area (Å²) in [4.78, 5) is 27.2. The number of carbonyl (C=O) groups is 2. The Morgan fingerprint density at radius 2 is 2.12 bits per heavy atom. The van der Waals surface area contributed by atoms with Crippen LogP contribution in [0.4, 0.5) is 0 Å². The van der Waals surface area contributed by atoms with Crippen LogP contribution in [0.1, 0.15) is 25.8 Å². The number of hydrogen-bond acceptors (Lipinski definition) is 5. The molecule has 0 bridgehead atoms. The molecule has 1 aromatic heterocycles. The fourth-order valence-corrected chi connectivity index (χ4v) is 2.99. The molecule has 0 aliphatic carbocycles. The lowest BCUT2D eigenvalue weighted by molar-refractivity contribution is -0.152. The number of esters is 1. The highest BCUT2D eigenvalue weighted by Crippen LogP contribution is 2.27. The van der Waals surface area contributed by atoms with Gasteiger partial charge in [0, 0.05) is 10.8 Å². The fourth-order valence-electron chi connectivity index (χ4n) is 1.97. The summed E-state index contributed by atoms with van der Waals surface area (Å²) in [6.07, 6.45) is 2.40. The molecule has 1 unspecified atom stereocenters. The minimum atomic E-state index is -1.25. The zero-order valence-corrected chi connectivity index (χ0v) is 15.5. The Hall–Kier alpha value is -1.99. The van der Waals surface area contributed by atoms with Crippen LogP contribution >= 0.6 is 23.4 Å². The van der Waals surface area contributed by atoms with E-state index in [1.54, 1.807) is 10.6 Å². The molecule has 2 rings (SSSR count). The van der Waals surface area contributed by atoms with E-state index in [2.05, 4.69) is 11.9 Å². The number of aliphatic carboxylic acids is 1. The first-order chi connectivity index (χ1) is 11.9. The van der Waals surface area contributed by atoms with E-state index in [1.165, 1.54) is 24.9 Å². The number of carboxylic acids is 1. The maximum atomic E-state index is 12.0. The fraction of sp³-hybridized carbons (Fsp3) is 0.353. The van der Waals surface area contributed by atoms with Crippen LogP contribution in [0.3, 0.4) is 0 Å². The summed E-state index contributed by atoms with van der Waals surface area (Å²) in [5.74, 6) is -2.26. The van der Waals surface area contributed by atoms with Gasteiger partial charge in [-0.2, -0.15) is 0 Å². The monoisotopic (exact) mass is 382 g/mol. The lowest BCUT2D eigenvalue weighted by Gasteiger charge is -2.13. The Morgan fingerprint density at radius 3 is 2.76 bits per heavy atom. The molecule has 0 radical (unpaired) electrons. The Morgan fingerprint density at radius 1 is 1.40 bits per heavy atom. The number of hydrogen-bond donors (Lipinski definition) is 1. The third-order valence-corrected chi connectivity index (χ3v) is 5.00. The number of imidazole rings is 1. The molecule has 0 spiro atoms. The molecule has 1 atom stereocenters. The van der Waals surface area contributed by atoms with E-state index in [0.717, 1.165) is 17.7 Å². The van der Waals surface area contributed by atoms with Crippen molar-refractivity contribution in [2.45, 2.75) is 32.0 Å². The molecule has 0 fully saturated rings. The van der Waals surface area contributed by atoms with Crippen LogP contribution in [0.25, 0.3) is 0 Å². The average molecular weight is 383 g/mol. The van der Waals surface area contributed by atoms with Gasteiger partial charge < -0.3 is 9.84 Å². The second kappa shape index (κ2) is 8.92. The predicted molar refractivity (Wildman–Crippen MR) is 96.2 cm³/mol. The number of aromatic nitrogens is 2. The summed E-state index contributed by atoms with van der Waals surface area (Å²) in [5.41, 5.74) is 0.851. The molecule has 0 saturated carbocycles. The number of carbonyl (C=O) groups excluding carboxylic acids is 1. The van der Waals surface area contributed by atoms with Crippen LogP contribution in [-0.2, 0) is 16.1 Å². The van der Waals surface area contributed by atoms with E-state index < -0.39 is 17.9 Å². The number of carboxylic acid groups (broad SMARTS) is 1. The van der Waals surface area contributed by atoms with Crippen molar-refractivity contribution in [2.24, 2.45) is 5.92 Å². The topological polar surface area (TPSA) is 81.4 Å². The minimum Gasteiger partial charge on any atom is -0.481 e. The van der Waals surface area contributed by atoms with Gasteiger partial charge in [0.15, 0.2) is 11.1 Å². The van der Waals surface area contributed by atoms with Gasteiger partial charge in [-0.15, -0.1) is 0 Å². The highest BCUT2D eigenvalue weighted by atomic mass is 35.5. The van der Waals surface area contributed by atoms with Crippen LogP contribution in [0.2, 0.25) is 5.02 Å². The molecule has 0 saturated heterocycles. The smallest absolute Gasteiger partial charge is 0.326 e. The molecule has 0 aliphatic rings. The third-order valence-electron chi connectivity index (χ3n) is 3.43. The number of ether oxygens (including phenoxy) is 1. The molecule has 25 heavy (non-hydrogen) atoms. The van der Waals surface area contributed by atoms with Gasteiger partial charge in [-0.3, -0.25) is 14.2 Å². The van der Waals surface area contributed by atoms with Gasteiger partial charge in [0.1, 0.15) is 0 Å². The Labute approximate surface area is 155 Å². The standard InChI is InChI=1S/C17H19ClN2O4S/c1-3-8-25-17-19-9-14(24-16(23)11(2)15(21)22)20(17)10-12-6-4-5-7-13(12)18/h4-7,9,11H,3,8,10H2,1-2H3,(H,21,22). The molecule has 2 aromatic rings. The highest BCUT2D eigenvalue weighted by Gasteiger charge is 2.25. The van der Waals surface area contributed by atoms with E-state index in [-0.39, 0.29) is 5.88 Å². The van der Waals surface area contributed by atoms with Crippen molar-refractivity contribution in [1.29, 1.82) is 0 Å². The SMILES string of the molecule is CCCSc1ncc(OC(=O)C(C)C(=O)O)n1Cc1ccccc1Cl. The summed E-state index contributed by atoms with van der Waals surface area (Å²) in [7, 11) is 0.